The lowest BCUT2D eigenvalue weighted by molar-refractivity contribution is -0.127. The molecule has 39 heavy (non-hydrogen) atoms. The van der Waals surface area contributed by atoms with Crippen molar-refractivity contribution in [1.29, 1.82) is 0 Å². The summed E-state index contributed by atoms with van der Waals surface area (Å²) in [6.45, 7) is 3.01. The fraction of sp³-hybridized carbons (Fsp3) is 0.433. The molecular weight excluding hydrogens is 494 g/mol. The van der Waals surface area contributed by atoms with E-state index < -0.39 is 6.04 Å². The van der Waals surface area contributed by atoms with Crippen LogP contribution in [0, 0.1) is 6.92 Å². The third kappa shape index (κ3) is 5.63. The number of carbonyl (C=O) groups is 2. The summed E-state index contributed by atoms with van der Waals surface area (Å²) in [7, 11) is 3.09. The molecule has 9 heteroatoms. The Hall–Kier alpha value is -3.85. The van der Waals surface area contributed by atoms with Crippen molar-refractivity contribution >= 4 is 11.8 Å². The van der Waals surface area contributed by atoms with E-state index in [9.17, 15) is 9.59 Å². The van der Waals surface area contributed by atoms with E-state index in [0.717, 1.165) is 37.1 Å². The van der Waals surface area contributed by atoms with Gasteiger partial charge in [-0.1, -0.05) is 24.3 Å². The van der Waals surface area contributed by atoms with Crippen molar-refractivity contribution in [2.45, 2.75) is 70.2 Å². The summed E-state index contributed by atoms with van der Waals surface area (Å²) in [6.07, 6.45) is 5.64. The molecule has 0 saturated heterocycles. The maximum Gasteiger partial charge on any atom is 0.255 e. The van der Waals surface area contributed by atoms with E-state index >= 15 is 0 Å². The Bertz CT molecular complexity index is 1340. The number of nitrogens with zero attached hydrogens (tertiary/aromatic N) is 3. The molecular formula is C30H37N5O4. The zero-order valence-corrected chi connectivity index (χ0v) is 22.9. The number of ether oxygens (including phenoxy) is 2. The number of imidazole rings is 1. The monoisotopic (exact) mass is 531 g/mol. The number of fused-ring (bicyclic) bond motifs is 1. The van der Waals surface area contributed by atoms with Crippen LogP contribution in [0.4, 0.5) is 0 Å². The third-order valence-electron chi connectivity index (χ3n) is 8.03. The maximum atomic E-state index is 14.0. The first kappa shape index (κ1) is 26.7. The van der Waals surface area contributed by atoms with E-state index in [1.54, 1.807) is 30.2 Å². The number of nitrogens with one attached hydrogen (secondary N) is 1. The Morgan fingerprint density at radius 1 is 1.05 bits per heavy atom. The molecule has 2 amide bonds. The number of aromatic nitrogens is 2. The smallest absolute Gasteiger partial charge is 0.255 e. The van der Waals surface area contributed by atoms with E-state index in [1.165, 1.54) is 18.2 Å². The lowest BCUT2D eigenvalue weighted by atomic mass is 9.91. The molecule has 0 radical (unpaired) electrons. The Kier molecular flexibility index (Phi) is 7.88. The molecule has 1 saturated carbocycles. The van der Waals surface area contributed by atoms with Crippen molar-refractivity contribution in [1.82, 2.24) is 19.8 Å². The van der Waals surface area contributed by atoms with E-state index in [0.29, 0.717) is 30.0 Å². The second kappa shape index (κ2) is 11.5. The number of methoxy groups -OCH3 is 2. The van der Waals surface area contributed by atoms with Gasteiger partial charge in [0.15, 0.2) is 11.5 Å². The van der Waals surface area contributed by atoms with Crippen LogP contribution in [0.5, 0.6) is 11.5 Å². The number of carbonyl (C=O) groups excluding carboxylic acids is 2. The lowest BCUT2D eigenvalue weighted by Crippen LogP contribution is -2.55. The fourth-order valence-corrected chi connectivity index (χ4v) is 5.62. The Balaban J connectivity index is 1.45. The highest BCUT2D eigenvalue weighted by molar-refractivity contribution is 5.98. The highest BCUT2D eigenvalue weighted by Crippen LogP contribution is 2.31. The highest BCUT2D eigenvalue weighted by Gasteiger charge is 2.38. The molecule has 0 bridgehead atoms. The first-order valence-corrected chi connectivity index (χ1v) is 13.5. The molecule has 0 spiro atoms. The van der Waals surface area contributed by atoms with Crippen LogP contribution in [-0.4, -0.2) is 58.6 Å². The minimum Gasteiger partial charge on any atom is -0.493 e. The van der Waals surface area contributed by atoms with Crippen molar-refractivity contribution in [2.75, 3.05) is 14.2 Å². The second-order valence-corrected chi connectivity index (χ2v) is 10.5. The molecule has 5 rings (SSSR count). The van der Waals surface area contributed by atoms with E-state index in [4.69, 9.17) is 15.2 Å². The second-order valence-electron chi connectivity index (χ2n) is 10.5. The van der Waals surface area contributed by atoms with Crippen LogP contribution in [0.3, 0.4) is 0 Å². The zero-order valence-electron chi connectivity index (χ0n) is 22.9. The maximum absolute atomic E-state index is 14.0. The van der Waals surface area contributed by atoms with Gasteiger partial charge in [0.1, 0.15) is 6.04 Å². The van der Waals surface area contributed by atoms with Gasteiger partial charge in [0.25, 0.3) is 5.91 Å². The standard InChI is InChI=1S/C30H37N5O4/c1-19-6-4-5-7-21(19)16-34-18-32-24-15-25(29(36)33-23-11-9-22(31)10-12-23)35(17-26(24)34)30(37)20-8-13-27(38-2)28(14-20)39-3/h4-8,13-14,18,22-23,25H,9-12,15-17,31H2,1-3H3,(H,33,36). The van der Waals surface area contributed by atoms with E-state index in [-0.39, 0.29) is 30.4 Å². The number of aryl methyl sites for hydroxylation is 1. The summed E-state index contributed by atoms with van der Waals surface area (Å²) in [4.78, 5) is 34.0. The van der Waals surface area contributed by atoms with Gasteiger partial charge in [-0.25, -0.2) is 4.98 Å². The van der Waals surface area contributed by atoms with Gasteiger partial charge >= 0.3 is 0 Å². The van der Waals surface area contributed by atoms with Gasteiger partial charge in [-0.3, -0.25) is 9.59 Å². The molecule has 1 unspecified atom stereocenters. The molecule has 3 aromatic rings. The summed E-state index contributed by atoms with van der Waals surface area (Å²) in [6, 6.07) is 12.9. The van der Waals surface area contributed by atoms with Gasteiger partial charge in [0.05, 0.1) is 38.5 Å². The first-order valence-electron chi connectivity index (χ1n) is 13.5. The molecule has 3 N–H and O–H groups in total. The Morgan fingerprint density at radius 3 is 2.51 bits per heavy atom. The molecule has 9 nitrogen and oxygen atoms in total. The quantitative estimate of drug-likeness (QED) is 0.484. The molecule has 2 heterocycles. The number of nitrogens with two attached hydrogens (primary N) is 1. The number of hydrogen-bond donors (Lipinski definition) is 2. The molecule has 206 valence electrons. The predicted octanol–water partition coefficient (Wildman–Crippen LogP) is 3.21. The number of hydrogen-bond acceptors (Lipinski definition) is 6. The van der Waals surface area contributed by atoms with Crippen LogP contribution in [0.15, 0.2) is 48.8 Å². The predicted molar refractivity (Wildman–Crippen MR) is 148 cm³/mol. The van der Waals surface area contributed by atoms with Crippen molar-refractivity contribution in [3.63, 3.8) is 0 Å². The van der Waals surface area contributed by atoms with Crippen molar-refractivity contribution < 1.29 is 19.1 Å². The van der Waals surface area contributed by atoms with Gasteiger partial charge in [0.2, 0.25) is 5.91 Å². The summed E-state index contributed by atoms with van der Waals surface area (Å²) >= 11 is 0. The SMILES string of the molecule is COc1ccc(C(=O)N2Cc3c(ncn3Cc3ccccc3C)CC2C(=O)NC2CCC(N)CC2)cc1OC. The number of rotatable bonds is 7. The minimum atomic E-state index is -0.671. The summed E-state index contributed by atoms with van der Waals surface area (Å²) in [5.41, 5.74) is 10.7. The largest absolute Gasteiger partial charge is 0.493 e. The fourth-order valence-electron chi connectivity index (χ4n) is 5.62. The van der Waals surface area contributed by atoms with Crippen molar-refractivity contribution in [3.8, 4) is 11.5 Å². The number of benzene rings is 2. The Morgan fingerprint density at radius 2 is 1.79 bits per heavy atom. The molecule has 1 atom stereocenters. The van der Waals surface area contributed by atoms with Gasteiger partial charge in [0, 0.05) is 30.6 Å². The van der Waals surface area contributed by atoms with Gasteiger partial charge in [-0.2, -0.15) is 0 Å². The third-order valence-corrected chi connectivity index (χ3v) is 8.03. The summed E-state index contributed by atoms with van der Waals surface area (Å²) in [5.74, 6) is 0.612. The highest BCUT2D eigenvalue weighted by atomic mass is 16.5. The van der Waals surface area contributed by atoms with Crippen LogP contribution in [0.1, 0.15) is 58.6 Å². The molecule has 1 fully saturated rings. The van der Waals surface area contributed by atoms with Gasteiger partial charge in [-0.05, 0) is 61.9 Å². The van der Waals surface area contributed by atoms with Crippen LogP contribution in [-0.2, 0) is 24.3 Å². The Labute approximate surface area is 229 Å². The van der Waals surface area contributed by atoms with Gasteiger partial charge in [-0.15, -0.1) is 0 Å². The minimum absolute atomic E-state index is 0.0651. The lowest BCUT2D eigenvalue weighted by Gasteiger charge is -2.36. The summed E-state index contributed by atoms with van der Waals surface area (Å²) in [5, 5.41) is 3.20. The molecule has 2 aromatic carbocycles. The molecule has 1 aliphatic carbocycles. The molecule has 1 aliphatic heterocycles. The van der Waals surface area contributed by atoms with Crippen molar-refractivity contribution in [2.24, 2.45) is 5.73 Å². The average molecular weight is 532 g/mol. The summed E-state index contributed by atoms with van der Waals surface area (Å²) < 4.78 is 12.9. The van der Waals surface area contributed by atoms with Crippen LogP contribution < -0.4 is 20.5 Å². The zero-order chi connectivity index (χ0) is 27.5. The number of amides is 2. The molecule has 1 aromatic heterocycles. The first-order chi connectivity index (χ1) is 18.9. The average Bonchev–Trinajstić information content (AvgIpc) is 3.35. The van der Waals surface area contributed by atoms with E-state index in [1.807, 2.05) is 18.5 Å². The topological polar surface area (TPSA) is 112 Å². The van der Waals surface area contributed by atoms with Gasteiger partial charge < -0.3 is 30.0 Å². The normalized spacial score (nSPS) is 20.7. The molecule has 2 aliphatic rings. The van der Waals surface area contributed by atoms with Crippen molar-refractivity contribution in [3.05, 3.63) is 76.9 Å². The van der Waals surface area contributed by atoms with E-state index in [2.05, 4.69) is 33.9 Å². The van der Waals surface area contributed by atoms with Crippen LogP contribution in [0.25, 0.3) is 0 Å². The van der Waals surface area contributed by atoms with Crippen LogP contribution in [0.2, 0.25) is 0 Å². The van der Waals surface area contributed by atoms with Crippen LogP contribution >= 0.6 is 0 Å².